The molecule has 4 rings (SSSR count). The summed E-state index contributed by atoms with van der Waals surface area (Å²) in [5, 5.41) is 3.47. The van der Waals surface area contributed by atoms with Gasteiger partial charge in [-0.3, -0.25) is 0 Å². The Morgan fingerprint density at radius 1 is 1.00 bits per heavy atom. The van der Waals surface area contributed by atoms with Gasteiger partial charge in [0.2, 0.25) is 0 Å². The number of benzene rings is 2. The van der Waals surface area contributed by atoms with Crippen LogP contribution in [-0.2, 0) is 6.18 Å². The molecule has 0 unspecified atom stereocenters. The summed E-state index contributed by atoms with van der Waals surface area (Å²) in [6.07, 6.45) is 0.704. The van der Waals surface area contributed by atoms with Gasteiger partial charge in [0.05, 0.1) is 11.6 Å². The number of anilines is 1. The van der Waals surface area contributed by atoms with E-state index < -0.39 is 11.7 Å². The SMILES string of the molecule is Cc1ccc2c(c1C)N[C@H](c1ccccc1C(F)(F)F)[C@H]1CC=C[C@H]21. The third kappa shape index (κ3) is 2.55. The molecule has 0 saturated carbocycles. The monoisotopic (exact) mass is 343 g/mol. The van der Waals surface area contributed by atoms with Crippen molar-refractivity contribution in [1.29, 1.82) is 0 Å². The molecule has 2 aromatic carbocycles. The van der Waals surface area contributed by atoms with Gasteiger partial charge < -0.3 is 5.32 Å². The fourth-order valence-corrected chi connectivity index (χ4v) is 4.25. The Bertz CT molecular complexity index is 851. The minimum atomic E-state index is -4.35. The average molecular weight is 343 g/mol. The van der Waals surface area contributed by atoms with Crippen molar-refractivity contribution < 1.29 is 13.2 Å². The number of allylic oxidation sites excluding steroid dienone is 2. The highest BCUT2D eigenvalue weighted by atomic mass is 19.4. The minimum absolute atomic E-state index is 0.109. The van der Waals surface area contributed by atoms with Crippen molar-refractivity contribution in [2.45, 2.75) is 38.4 Å². The first kappa shape index (κ1) is 16.2. The molecule has 4 heteroatoms. The summed E-state index contributed by atoms with van der Waals surface area (Å²) in [6.45, 7) is 4.07. The molecule has 2 aromatic rings. The Kier molecular flexibility index (Phi) is 3.67. The van der Waals surface area contributed by atoms with Crippen LogP contribution in [-0.4, -0.2) is 0 Å². The van der Waals surface area contributed by atoms with E-state index in [0.29, 0.717) is 5.56 Å². The molecule has 130 valence electrons. The van der Waals surface area contributed by atoms with Gasteiger partial charge in [0.1, 0.15) is 0 Å². The normalized spacial score (nSPS) is 24.6. The van der Waals surface area contributed by atoms with Crippen LogP contribution >= 0.6 is 0 Å². The summed E-state index contributed by atoms with van der Waals surface area (Å²) in [5.41, 5.74) is 4.27. The molecular formula is C21H20F3N. The maximum atomic E-state index is 13.5. The van der Waals surface area contributed by atoms with Crippen molar-refractivity contribution >= 4 is 5.69 Å². The van der Waals surface area contributed by atoms with Crippen molar-refractivity contribution in [2.75, 3.05) is 5.32 Å². The number of alkyl halides is 3. The highest BCUT2D eigenvalue weighted by Crippen LogP contribution is 2.52. The molecule has 1 heterocycles. The van der Waals surface area contributed by atoms with Crippen LogP contribution in [0.5, 0.6) is 0 Å². The summed E-state index contributed by atoms with van der Waals surface area (Å²) in [7, 11) is 0. The zero-order chi connectivity index (χ0) is 17.8. The first-order valence-electron chi connectivity index (χ1n) is 8.57. The Balaban J connectivity index is 1.87. The molecule has 0 radical (unpaired) electrons. The van der Waals surface area contributed by atoms with E-state index in [-0.39, 0.29) is 17.9 Å². The van der Waals surface area contributed by atoms with Crippen molar-refractivity contribution in [2.24, 2.45) is 5.92 Å². The lowest BCUT2D eigenvalue weighted by Gasteiger charge is -2.39. The summed E-state index contributed by atoms with van der Waals surface area (Å²) in [5.74, 6) is 0.278. The third-order valence-corrected chi connectivity index (χ3v) is 5.67. The zero-order valence-corrected chi connectivity index (χ0v) is 14.2. The average Bonchev–Trinajstić information content (AvgIpc) is 3.06. The number of hydrogen-bond acceptors (Lipinski definition) is 1. The lowest BCUT2D eigenvalue weighted by atomic mass is 9.75. The van der Waals surface area contributed by atoms with Crippen LogP contribution in [0.2, 0.25) is 0 Å². The Labute approximate surface area is 145 Å². The van der Waals surface area contributed by atoms with Gasteiger partial charge in [-0.2, -0.15) is 13.2 Å². The second kappa shape index (κ2) is 5.65. The smallest absolute Gasteiger partial charge is 0.377 e. The van der Waals surface area contributed by atoms with Crippen LogP contribution in [0.4, 0.5) is 18.9 Å². The van der Waals surface area contributed by atoms with E-state index in [0.717, 1.165) is 23.2 Å². The number of aryl methyl sites for hydroxylation is 1. The summed E-state index contributed by atoms with van der Waals surface area (Å²) in [6, 6.07) is 9.84. The standard InChI is InChI=1S/C21H20F3N/c1-12-10-11-16-14-7-5-8-15(14)20(25-19(16)13(12)2)17-6-3-4-9-18(17)21(22,23)24/h3-7,9-11,14-15,20,25H,8H2,1-2H3/t14-,15-,20-/m0/s1. The Hall–Kier alpha value is -2.23. The number of nitrogens with one attached hydrogen (secondary N) is 1. The molecule has 1 N–H and O–H groups in total. The molecule has 0 fully saturated rings. The Morgan fingerprint density at radius 2 is 1.76 bits per heavy atom. The molecular weight excluding hydrogens is 323 g/mol. The molecule has 0 saturated heterocycles. The van der Waals surface area contributed by atoms with Gasteiger partial charge in [-0.05, 0) is 54.5 Å². The van der Waals surface area contributed by atoms with E-state index in [9.17, 15) is 13.2 Å². The lowest BCUT2D eigenvalue weighted by Crippen LogP contribution is -2.31. The summed E-state index contributed by atoms with van der Waals surface area (Å²) >= 11 is 0. The predicted octanol–water partition coefficient (Wildman–Crippen LogP) is 6.15. The number of rotatable bonds is 1. The van der Waals surface area contributed by atoms with E-state index in [1.54, 1.807) is 12.1 Å². The summed E-state index contributed by atoms with van der Waals surface area (Å²) in [4.78, 5) is 0. The highest BCUT2D eigenvalue weighted by molar-refractivity contribution is 5.66. The van der Waals surface area contributed by atoms with E-state index >= 15 is 0 Å². The van der Waals surface area contributed by atoms with Crippen LogP contribution in [0.25, 0.3) is 0 Å². The van der Waals surface area contributed by atoms with E-state index in [2.05, 4.69) is 29.6 Å². The van der Waals surface area contributed by atoms with Crippen LogP contribution in [0, 0.1) is 19.8 Å². The number of hydrogen-bond donors (Lipinski definition) is 1. The van der Waals surface area contributed by atoms with Crippen LogP contribution in [0.3, 0.4) is 0 Å². The molecule has 1 aliphatic carbocycles. The minimum Gasteiger partial charge on any atom is -0.377 e. The highest BCUT2D eigenvalue weighted by Gasteiger charge is 2.42. The molecule has 0 aromatic heterocycles. The topological polar surface area (TPSA) is 12.0 Å². The van der Waals surface area contributed by atoms with Gasteiger partial charge in [0, 0.05) is 11.6 Å². The number of fused-ring (bicyclic) bond motifs is 3. The molecule has 3 atom stereocenters. The molecule has 25 heavy (non-hydrogen) atoms. The van der Waals surface area contributed by atoms with Gasteiger partial charge >= 0.3 is 6.18 Å². The van der Waals surface area contributed by atoms with Crippen molar-refractivity contribution in [1.82, 2.24) is 0 Å². The predicted molar refractivity (Wildman–Crippen MR) is 93.7 cm³/mol. The fourth-order valence-electron chi connectivity index (χ4n) is 4.25. The van der Waals surface area contributed by atoms with E-state index in [1.165, 1.54) is 17.7 Å². The quantitative estimate of drug-likeness (QED) is 0.613. The van der Waals surface area contributed by atoms with Gasteiger partial charge in [-0.15, -0.1) is 0 Å². The lowest BCUT2D eigenvalue weighted by molar-refractivity contribution is -0.138. The Morgan fingerprint density at radius 3 is 2.52 bits per heavy atom. The van der Waals surface area contributed by atoms with Crippen LogP contribution in [0.15, 0.2) is 48.6 Å². The third-order valence-electron chi connectivity index (χ3n) is 5.67. The fraction of sp³-hybridized carbons (Fsp3) is 0.333. The molecule has 0 bridgehead atoms. The zero-order valence-electron chi connectivity index (χ0n) is 14.2. The second-order valence-corrected chi connectivity index (χ2v) is 7.03. The van der Waals surface area contributed by atoms with Gasteiger partial charge in [0.25, 0.3) is 0 Å². The van der Waals surface area contributed by atoms with Crippen molar-refractivity contribution in [3.63, 3.8) is 0 Å². The van der Waals surface area contributed by atoms with Crippen LogP contribution < -0.4 is 5.32 Å². The van der Waals surface area contributed by atoms with Gasteiger partial charge in [-0.25, -0.2) is 0 Å². The largest absolute Gasteiger partial charge is 0.416 e. The summed E-state index contributed by atoms with van der Waals surface area (Å²) < 4.78 is 40.6. The molecule has 1 aliphatic heterocycles. The van der Waals surface area contributed by atoms with E-state index in [4.69, 9.17) is 0 Å². The van der Waals surface area contributed by atoms with Gasteiger partial charge in [-0.1, -0.05) is 42.5 Å². The first-order valence-corrected chi connectivity index (χ1v) is 8.57. The molecule has 0 amide bonds. The second-order valence-electron chi connectivity index (χ2n) is 7.03. The van der Waals surface area contributed by atoms with Crippen molar-refractivity contribution in [3.8, 4) is 0 Å². The maximum absolute atomic E-state index is 13.5. The van der Waals surface area contributed by atoms with Crippen molar-refractivity contribution in [3.05, 3.63) is 76.4 Å². The maximum Gasteiger partial charge on any atom is 0.416 e. The van der Waals surface area contributed by atoms with Gasteiger partial charge in [0.15, 0.2) is 0 Å². The molecule has 0 spiro atoms. The molecule has 1 nitrogen and oxygen atoms in total. The van der Waals surface area contributed by atoms with E-state index in [1.807, 2.05) is 13.8 Å². The number of halogens is 3. The first-order chi connectivity index (χ1) is 11.9. The molecule has 2 aliphatic rings. The van der Waals surface area contributed by atoms with Crippen LogP contribution in [0.1, 0.15) is 46.2 Å².